The molecular weight excluding hydrogens is 443 g/mol. The van der Waals surface area contributed by atoms with Gasteiger partial charge in [0, 0.05) is 27.7 Å². The van der Waals surface area contributed by atoms with Gasteiger partial charge in [-0.3, -0.25) is 4.79 Å². The fourth-order valence-corrected chi connectivity index (χ4v) is 3.62. The Labute approximate surface area is 188 Å². The second-order valence-corrected chi connectivity index (χ2v) is 8.15. The number of nitrogens with one attached hydrogen (secondary N) is 1. The lowest BCUT2D eigenvalue weighted by Gasteiger charge is -2.09. The highest BCUT2D eigenvalue weighted by Crippen LogP contribution is 2.29. The molecule has 0 saturated heterocycles. The fraction of sp³-hybridized carbons (Fsp3) is 0.136. The number of ether oxygens (including phenoxy) is 1. The number of hydrogen-bond acceptors (Lipinski definition) is 5. The summed E-state index contributed by atoms with van der Waals surface area (Å²) >= 11 is 13.1. The first-order valence-electron chi connectivity index (χ1n) is 9.08. The van der Waals surface area contributed by atoms with Crippen LogP contribution in [0.5, 0.6) is 0 Å². The molecule has 0 aliphatic heterocycles. The summed E-state index contributed by atoms with van der Waals surface area (Å²) < 4.78 is 5.16. The molecule has 0 saturated carbocycles. The maximum absolute atomic E-state index is 12.5. The number of pyridine rings is 1. The van der Waals surface area contributed by atoms with E-state index in [1.807, 2.05) is 24.3 Å². The van der Waals surface area contributed by atoms with Crippen molar-refractivity contribution in [2.75, 3.05) is 13.2 Å². The van der Waals surface area contributed by atoms with E-state index in [9.17, 15) is 9.59 Å². The van der Waals surface area contributed by atoms with Crippen LogP contribution >= 0.6 is 35.0 Å². The lowest BCUT2D eigenvalue weighted by molar-refractivity contribution is -0.124. The van der Waals surface area contributed by atoms with Crippen molar-refractivity contribution < 1.29 is 14.3 Å². The lowest BCUT2D eigenvalue weighted by Crippen LogP contribution is -2.30. The molecule has 0 aliphatic carbocycles. The molecule has 3 aromatic rings. The number of esters is 1. The van der Waals surface area contributed by atoms with E-state index in [4.69, 9.17) is 27.9 Å². The Morgan fingerprint density at radius 3 is 2.33 bits per heavy atom. The van der Waals surface area contributed by atoms with Gasteiger partial charge in [-0.1, -0.05) is 47.1 Å². The van der Waals surface area contributed by atoms with Gasteiger partial charge in [-0.05, 0) is 60.5 Å². The van der Waals surface area contributed by atoms with Gasteiger partial charge in [-0.2, -0.15) is 0 Å². The average Bonchev–Trinajstić information content (AvgIpc) is 2.75. The highest BCUT2D eigenvalue weighted by Gasteiger charge is 2.16. The summed E-state index contributed by atoms with van der Waals surface area (Å²) in [6.07, 6.45) is 2.25. The monoisotopic (exact) mass is 460 g/mol. The maximum Gasteiger partial charge on any atom is 0.341 e. The molecule has 1 heterocycles. The molecule has 1 amide bonds. The van der Waals surface area contributed by atoms with Gasteiger partial charge in [0.05, 0.1) is 5.56 Å². The minimum atomic E-state index is -0.604. The van der Waals surface area contributed by atoms with Crippen molar-refractivity contribution in [1.82, 2.24) is 10.3 Å². The molecule has 0 radical (unpaired) electrons. The van der Waals surface area contributed by atoms with Crippen molar-refractivity contribution in [2.24, 2.45) is 0 Å². The molecular formula is C22H18Cl2N2O3S. The van der Waals surface area contributed by atoms with Crippen LogP contribution in [0.2, 0.25) is 10.0 Å². The van der Waals surface area contributed by atoms with E-state index in [-0.39, 0.29) is 12.5 Å². The Bertz CT molecular complexity index is 1010. The molecule has 5 nitrogen and oxygen atoms in total. The van der Waals surface area contributed by atoms with E-state index in [1.165, 1.54) is 11.8 Å². The summed E-state index contributed by atoms with van der Waals surface area (Å²) in [5.41, 5.74) is 1.35. The molecule has 0 spiro atoms. The predicted molar refractivity (Wildman–Crippen MR) is 118 cm³/mol. The first kappa shape index (κ1) is 22.2. The van der Waals surface area contributed by atoms with E-state index in [2.05, 4.69) is 10.3 Å². The molecule has 8 heteroatoms. The van der Waals surface area contributed by atoms with Crippen molar-refractivity contribution in [3.05, 3.63) is 88.0 Å². The summed E-state index contributed by atoms with van der Waals surface area (Å²) in [5, 5.41) is 4.52. The first-order chi connectivity index (χ1) is 14.5. The number of halogens is 2. The summed E-state index contributed by atoms with van der Waals surface area (Å²) in [7, 11) is 0. The van der Waals surface area contributed by atoms with Gasteiger partial charge in [0.2, 0.25) is 0 Å². The number of rotatable bonds is 8. The first-order valence-corrected chi connectivity index (χ1v) is 10.7. The van der Waals surface area contributed by atoms with Gasteiger partial charge in [0.1, 0.15) is 5.03 Å². The van der Waals surface area contributed by atoms with Crippen molar-refractivity contribution >= 4 is 46.8 Å². The SMILES string of the molecule is O=C(COC(=O)c1cccnc1Sc1ccc(Cl)cc1)NCCc1ccc(Cl)cc1. The zero-order chi connectivity index (χ0) is 21.3. The number of benzene rings is 2. The molecule has 30 heavy (non-hydrogen) atoms. The van der Waals surface area contributed by atoms with Crippen LogP contribution in [-0.2, 0) is 16.0 Å². The number of carbonyl (C=O) groups is 2. The predicted octanol–water partition coefficient (Wildman–Crippen LogP) is 5.06. The molecule has 3 rings (SSSR count). The van der Waals surface area contributed by atoms with Gasteiger partial charge in [-0.25, -0.2) is 9.78 Å². The van der Waals surface area contributed by atoms with E-state index < -0.39 is 5.97 Å². The molecule has 1 N–H and O–H groups in total. The maximum atomic E-state index is 12.5. The van der Waals surface area contributed by atoms with Crippen LogP contribution in [0.15, 0.2) is 76.8 Å². The summed E-state index contributed by atoms with van der Waals surface area (Å²) in [4.78, 5) is 29.6. The van der Waals surface area contributed by atoms with Crippen LogP contribution in [-0.4, -0.2) is 30.0 Å². The topological polar surface area (TPSA) is 68.3 Å². The Hall–Kier alpha value is -2.54. The van der Waals surface area contributed by atoms with Crippen molar-refractivity contribution in [1.29, 1.82) is 0 Å². The highest BCUT2D eigenvalue weighted by atomic mass is 35.5. The highest BCUT2D eigenvalue weighted by molar-refractivity contribution is 7.99. The Morgan fingerprint density at radius 1 is 0.967 bits per heavy atom. The molecule has 154 valence electrons. The molecule has 0 bridgehead atoms. The third kappa shape index (κ3) is 6.76. The van der Waals surface area contributed by atoms with Gasteiger partial charge in [0.15, 0.2) is 6.61 Å². The Kier molecular flexibility index (Phi) is 8.13. The number of nitrogens with zero attached hydrogens (tertiary/aromatic N) is 1. The Balaban J connectivity index is 1.50. The second kappa shape index (κ2) is 11.0. The van der Waals surface area contributed by atoms with E-state index in [1.54, 1.807) is 42.6 Å². The summed E-state index contributed by atoms with van der Waals surface area (Å²) in [6, 6.07) is 17.9. The third-order valence-corrected chi connectivity index (χ3v) is 5.53. The van der Waals surface area contributed by atoms with Gasteiger partial charge in [-0.15, -0.1) is 0 Å². The molecule has 0 fully saturated rings. The third-order valence-electron chi connectivity index (χ3n) is 4.00. The van der Waals surface area contributed by atoms with Crippen LogP contribution in [0.25, 0.3) is 0 Å². The molecule has 0 unspecified atom stereocenters. The Morgan fingerprint density at radius 2 is 1.63 bits per heavy atom. The van der Waals surface area contributed by atoms with E-state index in [0.717, 1.165) is 10.5 Å². The number of aromatic nitrogens is 1. The smallest absolute Gasteiger partial charge is 0.341 e. The van der Waals surface area contributed by atoms with Crippen LogP contribution in [0, 0.1) is 0 Å². The van der Waals surface area contributed by atoms with Gasteiger partial charge >= 0.3 is 5.97 Å². The molecule has 0 aliphatic rings. The zero-order valence-corrected chi connectivity index (χ0v) is 18.1. The van der Waals surface area contributed by atoms with E-state index in [0.29, 0.717) is 33.6 Å². The fourth-order valence-electron chi connectivity index (χ4n) is 2.50. The quantitative estimate of drug-likeness (QED) is 0.476. The minimum Gasteiger partial charge on any atom is -0.452 e. The van der Waals surface area contributed by atoms with Gasteiger partial charge in [0.25, 0.3) is 5.91 Å². The minimum absolute atomic E-state index is 0.298. The van der Waals surface area contributed by atoms with Gasteiger partial charge < -0.3 is 10.1 Å². The van der Waals surface area contributed by atoms with Crippen molar-refractivity contribution in [2.45, 2.75) is 16.3 Å². The molecule has 1 aromatic heterocycles. The summed E-state index contributed by atoms with van der Waals surface area (Å²) in [5.74, 6) is -0.972. The van der Waals surface area contributed by atoms with Crippen LogP contribution in [0.4, 0.5) is 0 Å². The zero-order valence-electron chi connectivity index (χ0n) is 15.8. The number of amides is 1. The van der Waals surface area contributed by atoms with Crippen LogP contribution in [0.3, 0.4) is 0 Å². The largest absolute Gasteiger partial charge is 0.452 e. The normalized spacial score (nSPS) is 10.5. The van der Waals surface area contributed by atoms with Crippen LogP contribution < -0.4 is 5.32 Å². The standard InChI is InChI=1S/C22H18Cl2N2O3S/c23-16-5-3-15(4-6-16)11-13-25-20(27)14-29-22(28)19-2-1-12-26-21(19)30-18-9-7-17(24)8-10-18/h1-10,12H,11,13-14H2,(H,25,27). The number of hydrogen-bond donors (Lipinski definition) is 1. The van der Waals surface area contributed by atoms with Crippen LogP contribution in [0.1, 0.15) is 15.9 Å². The molecule has 2 aromatic carbocycles. The molecule has 0 atom stereocenters. The average molecular weight is 461 g/mol. The van der Waals surface area contributed by atoms with Crippen molar-refractivity contribution in [3.63, 3.8) is 0 Å². The summed E-state index contributed by atoms with van der Waals surface area (Å²) in [6.45, 7) is 0.0714. The second-order valence-electron chi connectivity index (χ2n) is 6.21. The lowest BCUT2D eigenvalue weighted by atomic mass is 10.1. The van der Waals surface area contributed by atoms with E-state index >= 15 is 0 Å². The number of carbonyl (C=O) groups excluding carboxylic acids is 2. The van der Waals surface area contributed by atoms with Crippen molar-refractivity contribution in [3.8, 4) is 0 Å².